The average molecular weight is 521 g/mol. The van der Waals surface area contributed by atoms with Crippen molar-refractivity contribution in [3.05, 3.63) is 70.8 Å². The van der Waals surface area contributed by atoms with Gasteiger partial charge < -0.3 is 15.3 Å². The molecule has 1 aliphatic carbocycles. The Morgan fingerprint density at radius 3 is 2.16 bits per heavy atom. The minimum Gasteiger partial charge on any atom is -0.419 e. The molecule has 0 radical (unpaired) electrons. The SMILES string of the molecule is CCCCCCCCC(ON=C(C(N)=O)c1ccc2c(c1)C(C)(C)CCC2(C)C)OC(=O)c1ccccc1. The summed E-state index contributed by atoms with van der Waals surface area (Å²) in [6.07, 6.45) is 8.22. The van der Waals surface area contributed by atoms with Gasteiger partial charge in [-0.25, -0.2) is 4.79 Å². The molecule has 0 bridgehead atoms. The minimum absolute atomic E-state index is 0.0238. The molecule has 1 aliphatic rings. The fraction of sp³-hybridized carbons (Fsp3) is 0.531. The molecule has 0 aromatic heterocycles. The van der Waals surface area contributed by atoms with Gasteiger partial charge in [0.2, 0.25) is 0 Å². The van der Waals surface area contributed by atoms with Crippen LogP contribution in [0.4, 0.5) is 0 Å². The van der Waals surface area contributed by atoms with E-state index < -0.39 is 18.2 Å². The van der Waals surface area contributed by atoms with Gasteiger partial charge >= 0.3 is 5.97 Å². The number of rotatable bonds is 13. The van der Waals surface area contributed by atoms with Crippen molar-refractivity contribution >= 4 is 17.6 Å². The quantitative estimate of drug-likeness (QED) is 0.0996. The van der Waals surface area contributed by atoms with Crippen molar-refractivity contribution in [3.63, 3.8) is 0 Å². The van der Waals surface area contributed by atoms with E-state index in [1.54, 1.807) is 24.3 Å². The lowest BCUT2D eigenvalue weighted by atomic mass is 9.63. The highest BCUT2D eigenvalue weighted by Crippen LogP contribution is 2.45. The zero-order chi connectivity index (χ0) is 27.8. The molecule has 0 saturated heterocycles. The molecule has 0 heterocycles. The molecule has 6 heteroatoms. The topological polar surface area (TPSA) is 91.0 Å². The summed E-state index contributed by atoms with van der Waals surface area (Å²) in [6.45, 7) is 11.1. The summed E-state index contributed by atoms with van der Waals surface area (Å²) in [4.78, 5) is 30.9. The van der Waals surface area contributed by atoms with E-state index in [4.69, 9.17) is 15.3 Å². The molecule has 206 valence electrons. The van der Waals surface area contributed by atoms with Crippen molar-refractivity contribution in [1.29, 1.82) is 0 Å². The second-order valence-corrected chi connectivity index (χ2v) is 11.7. The Morgan fingerprint density at radius 2 is 1.50 bits per heavy atom. The van der Waals surface area contributed by atoms with Crippen LogP contribution in [-0.2, 0) is 25.2 Å². The standard InChI is InChI=1S/C32H44N2O4/c1-6-7-8-9-10-14-17-27(37-30(36)23-15-12-11-13-16-23)38-34-28(29(33)35)24-18-19-25-26(22-24)32(4,5)21-20-31(25,2)3/h11-13,15-16,18-19,22,27H,6-10,14,17,20-21H2,1-5H3,(H2,33,35). The van der Waals surface area contributed by atoms with E-state index in [-0.39, 0.29) is 16.5 Å². The Balaban J connectivity index is 1.82. The third kappa shape index (κ3) is 7.68. The molecular formula is C32H44N2O4. The number of esters is 1. The largest absolute Gasteiger partial charge is 0.419 e. The first-order valence-corrected chi connectivity index (χ1v) is 14.0. The van der Waals surface area contributed by atoms with E-state index in [1.807, 2.05) is 18.2 Å². The maximum Gasteiger partial charge on any atom is 0.341 e. The number of hydrogen-bond acceptors (Lipinski definition) is 5. The van der Waals surface area contributed by atoms with Crippen molar-refractivity contribution in [2.24, 2.45) is 10.9 Å². The Morgan fingerprint density at radius 1 is 0.868 bits per heavy atom. The number of fused-ring (bicyclic) bond motifs is 1. The summed E-state index contributed by atoms with van der Waals surface area (Å²) >= 11 is 0. The fourth-order valence-electron chi connectivity index (χ4n) is 5.07. The molecular weight excluding hydrogens is 476 g/mol. The number of nitrogens with zero attached hydrogens (tertiary/aromatic N) is 1. The summed E-state index contributed by atoms with van der Waals surface area (Å²) in [5.41, 5.74) is 9.31. The van der Waals surface area contributed by atoms with E-state index in [9.17, 15) is 9.59 Å². The van der Waals surface area contributed by atoms with Crippen molar-refractivity contribution in [2.45, 2.75) is 110 Å². The van der Waals surface area contributed by atoms with E-state index in [0.29, 0.717) is 17.5 Å². The van der Waals surface area contributed by atoms with Gasteiger partial charge in [-0.15, -0.1) is 0 Å². The van der Waals surface area contributed by atoms with Crippen LogP contribution < -0.4 is 5.73 Å². The molecule has 1 unspecified atom stereocenters. The molecule has 1 atom stereocenters. The first-order chi connectivity index (χ1) is 18.0. The molecule has 38 heavy (non-hydrogen) atoms. The van der Waals surface area contributed by atoms with Crippen molar-refractivity contribution in [3.8, 4) is 0 Å². The summed E-state index contributed by atoms with van der Waals surface area (Å²) < 4.78 is 5.66. The summed E-state index contributed by atoms with van der Waals surface area (Å²) in [7, 11) is 0. The van der Waals surface area contributed by atoms with Gasteiger partial charge in [0.05, 0.1) is 5.56 Å². The van der Waals surface area contributed by atoms with Crippen molar-refractivity contribution in [2.75, 3.05) is 0 Å². The number of oxime groups is 1. The zero-order valence-corrected chi connectivity index (χ0v) is 23.7. The lowest BCUT2D eigenvalue weighted by molar-refractivity contribution is -0.117. The van der Waals surface area contributed by atoms with Crippen molar-refractivity contribution in [1.82, 2.24) is 0 Å². The lowest BCUT2D eigenvalue weighted by Crippen LogP contribution is -2.34. The molecule has 2 aromatic rings. The predicted octanol–water partition coefficient (Wildman–Crippen LogP) is 7.18. The first-order valence-electron chi connectivity index (χ1n) is 14.0. The monoisotopic (exact) mass is 520 g/mol. The molecule has 2 N–H and O–H groups in total. The summed E-state index contributed by atoms with van der Waals surface area (Å²) in [6, 6.07) is 14.8. The Labute approximate surface area is 228 Å². The average Bonchev–Trinajstić information content (AvgIpc) is 2.89. The highest BCUT2D eigenvalue weighted by molar-refractivity contribution is 6.44. The number of carbonyl (C=O) groups excluding carboxylic acids is 2. The third-order valence-corrected chi connectivity index (χ3v) is 7.66. The zero-order valence-electron chi connectivity index (χ0n) is 23.7. The maximum atomic E-state index is 12.7. The molecule has 6 nitrogen and oxygen atoms in total. The summed E-state index contributed by atoms with van der Waals surface area (Å²) in [5.74, 6) is -1.18. The number of amides is 1. The van der Waals surface area contributed by atoms with Gasteiger partial charge in [-0.2, -0.15) is 0 Å². The highest BCUT2D eigenvalue weighted by atomic mass is 16.8. The number of unbranched alkanes of at least 4 members (excludes halogenated alkanes) is 5. The molecule has 0 fully saturated rings. The smallest absolute Gasteiger partial charge is 0.341 e. The predicted molar refractivity (Wildman–Crippen MR) is 152 cm³/mol. The normalized spacial score (nSPS) is 16.8. The third-order valence-electron chi connectivity index (χ3n) is 7.66. The Bertz CT molecular complexity index is 1120. The van der Waals surface area contributed by atoms with Gasteiger partial charge in [0, 0.05) is 12.0 Å². The minimum atomic E-state index is -0.920. The van der Waals surface area contributed by atoms with Gasteiger partial charge in [-0.1, -0.05) is 102 Å². The van der Waals surface area contributed by atoms with Crippen LogP contribution in [0.1, 0.15) is 119 Å². The molecule has 0 spiro atoms. The molecule has 0 saturated carbocycles. The van der Waals surface area contributed by atoms with Gasteiger partial charge in [0.15, 0.2) is 5.71 Å². The maximum absolute atomic E-state index is 12.7. The van der Waals surface area contributed by atoms with Gasteiger partial charge in [-0.05, 0) is 59.4 Å². The van der Waals surface area contributed by atoms with Crippen LogP contribution in [0, 0.1) is 0 Å². The van der Waals surface area contributed by atoms with E-state index in [0.717, 1.165) is 32.1 Å². The van der Waals surface area contributed by atoms with Crippen LogP contribution >= 0.6 is 0 Å². The Kier molecular flexibility index (Phi) is 10.1. The van der Waals surface area contributed by atoms with Gasteiger partial charge in [-0.3, -0.25) is 4.79 Å². The van der Waals surface area contributed by atoms with Crippen LogP contribution in [0.3, 0.4) is 0 Å². The lowest BCUT2D eigenvalue weighted by Gasteiger charge is -2.42. The number of hydrogen-bond donors (Lipinski definition) is 1. The van der Waals surface area contributed by atoms with Crippen LogP contribution in [0.5, 0.6) is 0 Å². The second-order valence-electron chi connectivity index (χ2n) is 11.7. The molecule has 0 aliphatic heterocycles. The number of carbonyl (C=O) groups is 2. The highest BCUT2D eigenvalue weighted by Gasteiger charge is 2.37. The van der Waals surface area contributed by atoms with Gasteiger partial charge in [0.1, 0.15) is 0 Å². The van der Waals surface area contributed by atoms with Gasteiger partial charge in [0.25, 0.3) is 12.2 Å². The van der Waals surface area contributed by atoms with E-state index in [2.05, 4.69) is 45.8 Å². The first kappa shape index (κ1) is 29.4. The van der Waals surface area contributed by atoms with Crippen LogP contribution in [0.15, 0.2) is 53.7 Å². The number of benzene rings is 2. The summed E-state index contributed by atoms with van der Waals surface area (Å²) in [5, 5.41) is 4.17. The molecule has 2 aromatic carbocycles. The van der Waals surface area contributed by atoms with E-state index in [1.165, 1.54) is 30.4 Å². The fourth-order valence-corrected chi connectivity index (χ4v) is 5.07. The second kappa shape index (κ2) is 13.1. The number of nitrogens with two attached hydrogens (primary N) is 1. The molecule has 3 rings (SSSR count). The van der Waals surface area contributed by atoms with Crippen molar-refractivity contribution < 1.29 is 19.2 Å². The number of primary amides is 1. The van der Waals surface area contributed by atoms with E-state index >= 15 is 0 Å². The van der Waals surface area contributed by atoms with Crippen LogP contribution in [-0.4, -0.2) is 23.9 Å². The van der Waals surface area contributed by atoms with Crippen LogP contribution in [0.2, 0.25) is 0 Å². The molecule has 1 amide bonds. The van der Waals surface area contributed by atoms with Crippen LogP contribution in [0.25, 0.3) is 0 Å². The Hall–Kier alpha value is -3.15. The number of ether oxygens (including phenoxy) is 1.